The van der Waals surface area contributed by atoms with Crippen LogP contribution < -0.4 is 20.2 Å². The van der Waals surface area contributed by atoms with Gasteiger partial charge in [0.2, 0.25) is 0 Å². The first kappa shape index (κ1) is 24.3. The molecule has 0 saturated carbocycles. The lowest BCUT2D eigenvalue weighted by Crippen LogP contribution is -2.32. The summed E-state index contributed by atoms with van der Waals surface area (Å²) >= 11 is 9.51. The number of methoxy groups -OCH3 is 1. The lowest BCUT2D eigenvalue weighted by molar-refractivity contribution is -0.136. The van der Waals surface area contributed by atoms with Gasteiger partial charge < -0.3 is 14.8 Å². The number of nitrogens with one attached hydrogen (secondary N) is 2. The Balaban J connectivity index is 1.63. The van der Waals surface area contributed by atoms with Crippen LogP contribution in [0.2, 0.25) is 5.02 Å². The van der Waals surface area contributed by atoms with Gasteiger partial charge in [0.1, 0.15) is 6.61 Å². The van der Waals surface area contributed by atoms with E-state index in [0.717, 1.165) is 5.56 Å². The van der Waals surface area contributed by atoms with Gasteiger partial charge in [-0.2, -0.15) is 5.10 Å². The van der Waals surface area contributed by atoms with Crippen molar-refractivity contribution in [3.8, 4) is 11.5 Å². The number of carbonyl (C=O) groups excluding carboxylic acids is 2. The summed E-state index contributed by atoms with van der Waals surface area (Å²) in [5, 5.41) is 6.85. The van der Waals surface area contributed by atoms with Crippen LogP contribution in [0.5, 0.6) is 11.5 Å². The van der Waals surface area contributed by atoms with Crippen molar-refractivity contribution in [2.24, 2.45) is 5.10 Å². The normalized spacial score (nSPS) is 10.7. The predicted molar refractivity (Wildman–Crippen MR) is 132 cm³/mol. The number of ether oxygens (including phenoxy) is 2. The Morgan fingerprint density at radius 2 is 1.85 bits per heavy atom. The van der Waals surface area contributed by atoms with Crippen molar-refractivity contribution in [2.75, 3.05) is 12.4 Å². The molecule has 33 heavy (non-hydrogen) atoms. The van der Waals surface area contributed by atoms with Crippen LogP contribution in [0.3, 0.4) is 0 Å². The number of amides is 2. The van der Waals surface area contributed by atoms with Crippen LogP contribution in [0, 0.1) is 6.92 Å². The third-order valence-electron chi connectivity index (χ3n) is 4.58. The molecule has 0 unspecified atom stereocenters. The average molecular weight is 531 g/mol. The Labute approximate surface area is 204 Å². The SMILES string of the molecule is COc1cc(C=NNC(=O)C(=O)Nc2cccc(Cl)c2C)cc(Br)c1OCc1ccccc1. The molecule has 0 atom stereocenters. The number of benzene rings is 3. The standard InChI is InChI=1S/C24H21BrClN3O4/c1-15-19(26)9-6-10-20(15)28-23(30)24(31)29-27-13-17-11-18(25)22(21(12-17)32-2)33-14-16-7-4-3-5-8-16/h3-13H,14H2,1-2H3,(H,28,30)(H,29,31). The molecule has 0 aliphatic heterocycles. The molecule has 0 spiro atoms. The molecule has 3 rings (SSSR count). The van der Waals surface area contributed by atoms with E-state index in [4.69, 9.17) is 21.1 Å². The van der Waals surface area contributed by atoms with Gasteiger partial charge in [0.05, 0.1) is 17.8 Å². The highest BCUT2D eigenvalue weighted by molar-refractivity contribution is 9.10. The monoisotopic (exact) mass is 529 g/mol. The molecule has 0 aliphatic rings. The molecule has 0 fully saturated rings. The van der Waals surface area contributed by atoms with E-state index in [1.165, 1.54) is 13.3 Å². The molecule has 2 amide bonds. The first-order valence-corrected chi connectivity index (χ1v) is 11.0. The Morgan fingerprint density at radius 3 is 2.58 bits per heavy atom. The number of nitrogens with zero attached hydrogens (tertiary/aromatic N) is 1. The van der Waals surface area contributed by atoms with Crippen LogP contribution in [0.15, 0.2) is 70.2 Å². The second kappa shape index (κ2) is 11.5. The Kier molecular flexibility index (Phi) is 8.46. The molecule has 0 radical (unpaired) electrons. The van der Waals surface area contributed by atoms with E-state index in [1.807, 2.05) is 30.3 Å². The molecule has 9 heteroatoms. The summed E-state index contributed by atoms with van der Waals surface area (Å²) in [4.78, 5) is 24.2. The molecule has 0 aromatic heterocycles. The summed E-state index contributed by atoms with van der Waals surface area (Å²) in [5.41, 5.74) is 4.96. The van der Waals surface area contributed by atoms with E-state index in [2.05, 4.69) is 31.8 Å². The maximum absolute atomic E-state index is 12.1. The van der Waals surface area contributed by atoms with Crippen molar-refractivity contribution in [3.63, 3.8) is 0 Å². The predicted octanol–water partition coefficient (Wildman–Crippen LogP) is 5.09. The fourth-order valence-corrected chi connectivity index (χ4v) is 3.57. The quantitative estimate of drug-likeness (QED) is 0.253. The average Bonchev–Trinajstić information content (AvgIpc) is 2.81. The molecule has 3 aromatic carbocycles. The molecule has 170 valence electrons. The summed E-state index contributed by atoms with van der Waals surface area (Å²) in [6.45, 7) is 2.12. The van der Waals surface area contributed by atoms with Crippen molar-refractivity contribution < 1.29 is 19.1 Å². The van der Waals surface area contributed by atoms with E-state index < -0.39 is 11.8 Å². The van der Waals surface area contributed by atoms with Crippen LogP contribution >= 0.6 is 27.5 Å². The molecule has 0 aliphatic carbocycles. The third-order valence-corrected chi connectivity index (χ3v) is 5.58. The zero-order chi connectivity index (χ0) is 23.8. The highest BCUT2D eigenvalue weighted by Gasteiger charge is 2.15. The largest absolute Gasteiger partial charge is 0.493 e. The van der Waals surface area contributed by atoms with Gasteiger partial charge in [-0.1, -0.05) is 48.0 Å². The molecular weight excluding hydrogens is 510 g/mol. The first-order valence-electron chi connectivity index (χ1n) is 9.82. The number of rotatable bonds is 7. The third kappa shape index (κ3) is 6.57. The number of halogens is 2. The number of hydrogen-bond donors (Lipinski definition) is 2. The Hall–Kier alpha value is -3.36. The zero-order valence-electron chi connectivity index (χ0n) is 17.9. The highest BCUT2D eigenvalue weighted by atomic mass is 79.9. The van der Waals surface area contributed by atoms with Crippen LogP contribution in [0.1, 0.15) is 16.7 Å². The lowest BCUT2D eigenvalue weighted by Gasteiger charge is -2.13. The topological polar surface area (TPSA) is 89.0 Å². The number of hydrazone groups is 1. The zero-order valence-corrected chi connectivity index (χ0v) is 20.2. The van der Waals surface area contributed by atoms with Gasteiger partial charge >= 0.3 is 11.8 Å². The van der Waals surface area contributed by atoms with Gasteiger partial charge in [-0.3, -0.25) is 9.59 Å². The number of hydrogen-bond acceptors (Lipinski definition) is 5. The second-order valence-electron chi connectivity index (χ2n) is 6.87. The fourth-order valence-electron chi connectivity index (χ4n) is 2.82. The molecular formula is C24H21BrClN3O4. The fraction of sp³-hybridized carbons (Fsp3) is 0.125. The minimum atomic E-state index is -0.917. The van der Waals surface area contributed by atoms with E-state index >= 15 is 0 Å². The maximum Gasteiger partial charge on any atom is 0.329 e. The van der Waals surface area contributed by atoms with E-state index in [9.17, 15) is 9.59 Å². The molecule has 2 N–H and O–H groups in total. The lowest BCUT2D eigenvalue weighted by atomic mass is 10.2. The minimum Gasteiger partial charge on any atom is -0.493 e. The summed E-state index contributed by atoms with van der Waals surface area (Å²) < 4.78 is 12.0. The van der Waals surface area contributed by atoms with Crippen LogP contribution in [0.25, 0.3) is 0 Å². The van der Waals surface area contributed by atoms with Gasteiger partial charge in [-0.15, -0.1) is 0 Å². The molecule has 3 aromatic rings. The summed E-state index contributed by atoms with van der Waals surface area (Å²) in [6.07, 6.45) is 1.39. The second-order valence-corrected chi connectivity index (χ2v) is 8.14. The van der Waals surface area contributed by atoms with Crippen molar-refractivity contribution in [1.29, 1.82) is 0 Å². The van der Waals surface area contributed by atoms with Crippen LogP contribution in [-0.2, 0) is 16.2 Å². The van der Waals surface area contributed by atoms with E-state index in [1.54, 1.807) is 37.3 Å². The summed E-state index contributed by atoms with van der Waals surface area (Å²) in [6, 6.07) is 18.2. The van der Waals surface area contributed by atoms with Crippen LogP contribution in [-0.4, -0.2) is 25.1 Å². The number of carbonyl (C=O) groups is 2. The van der Waals surface area contributed by atoms with Gasteiger partial charge in [0.25, 0.3) is 0 Å². The van der Waals surface area contributed by atoms with Gasteiger partial charge in [-0.25, -0.2) is 5.43 Å². The van der Waals surface area contributed by atoms with Crippen molar-refractivity contribution in [2.45, 2.75) is 13.5 Å². The van der Waals surface area contributed by atoms with Crippen LogP contribution in [0.4, 0.5) is 5.69 Å². The van der Waals surface area contributed by atoms with Gasteiger partial charge in [0, 0.05) is 10.7 Å². The molecule has 0 bridgehead atoms. The highest BCUT2D eigenvalue weighted by Crippen LogP contribution is 2.36. The van der Waals surface area contributed by atoms with Gasteiger partial charge in [0.15, 0.2) is 11.5 Å². The van der Waals surface area contributed by atoms with E-state index in [-0.39, 0.29) is 0 Å². The first-order chi connectivity index (χ1) is 15.9. The smallest absolute Gasteiger partial charge is 0.329 e. The maximum atomic E-state index is 12.1. The Bertz CT molecular complexity index is 1190. The van der Waals surface area contributed by atoms with Gasteiger partial charge in [-0.05, 0) is 63.8 Å². The minimum absolute atomic E-state index is 0.376. The van der Waals surface area contributed by atoms with Crippen molar-refractivity contribution in [1.82, 2.24) is 5.43 Å². The molecule has 7 nitrogen and oxygen atoms in total. The number of anilines is 1. The van der Waals surface area contributed by atoms with E-state index in [0.29, 0.717) is 44.4 Å². The molecule has 0 saturated heterocycles. The Morgan fingerprint density at radius 1 is 1.09 bits per heavy atom. The summed E-state index contributed by atoms with van der Waals surface area (Å²) in [5.74, 6) is -0.749. The van der Waals surface area contributed by atoms with Crippen molar-refractivity contribution in [3.05, 3.63) is 86.8 Å². The van der Waals surface area contributed by atoms with Crippen molar-refractivity contribution >= 4 is 51.2 Å². The summed E-state index contributed by atoms with van der Waals surface area (Å²) in [7, 11) is 1.53. The molecule has 0 heterocycles.